The van der Waals surface area contributed by atoms with Crippen LogP contribution >= 0.6 is 0 Å². The average Bonchev–Trinajstić information content (AvgIpc) is 2.94. The molecule has 1 unspecified atom stereocenters. The van der Waals surface area contributed by atoms with Crippen LogP contribution in [0.4, 0.5) is 4.79 Å². The van der Waals surface area contributed by atoms with E-state index in [9.17, 15) is 9.59 Å². The maximum Gasteiger partial charge on any atom is 0.407 e. The Morgan fingerprint density at radius 3 is 2.20 bits per heavy atom. The van der Waals surface area contributed by atoms with Crippen LogP contribution in [0.15, 0.2) is 0 Å². The molecule has 4 heteroatoms. The van der Waals surface area contributed by atoms with E-state index < -0.39 is 11.5 Å². The molecule has 15 heavy (non-hydrogen) atoms. The number of alkyl carbamates (subject to hydrolysis) is 1. The molecule has 1 N–H and O–H groups in total. The molecule has 0 aromatic heterocycles. The molecule has 1 fully saturated rings. The number of carbonyl (C=O) groups excluding carboxylic acids is 2. The zero-order valence-corrected chi connectivity index (χ0v) is 9.79. The second kappa shape index (κ2) is 4.21. The predicted octanol–water partition coefficient (Wildman–Crippen LogP) is 1.74. The first kappa shape index (κ1) is 12.0. The first-order valence-corrected chi connectivity index (χ1v) is 5.25. The first-order valence-electron chi connectivity index (χ1n) is 5.25. The molecule has 4 nitrogen and oxygen atoms in total. The van der Waals surface area contributed by atoms with Crippen molar-refractivity contribution in [3.63, 3.8) is 0 Å². The van der Waals surface area contributed by atoms with E-state index in [2.05, 4.69) is 10.1 Å². The van der Waals surface area contributed by atoms with Gasteiger partial charge >= 0.3 is 6.09 Å². The number of hydrogen-bond donors (Lipinski definition) is 1. The minimum atomic E-state index is -0.524. The van der Waals surface area contributed by atoms with Crippen LogP contribution in [0.1, 0.15) is 33.6 Å². The molecule has 1 amide bonds. The van der Waals surface area contributed by atoms with Crippen LogP contribution in [0.3, 0.4) is 0 Å². The van der Waals surface area contributed by atoms with Crippen molar-refractivity contribution in [3.8, 4) is 0 Å². The van der Waals surface area contributed by atoms with E-state index in [1.54, 1.807) is 0 Å². The van der Waals surface area contributed by atoms with E-state index in [1.807, 2.05) is 20.8 Å². The van der Waals surface area contributed by atoms with Crippen molar-refractivity contribution in [1.82, 2.24) is 5.32 Å². The van der Waals surface area contributed by atoms with E-state index >= 15 is 0 Å². The number of amides is 1. The highest BCUT2D eigenvalue weighted by Crippen LogP contribution is 2.35. The summed E-state index contributed by atoms with van der Waals surface area (Å²) < 4.78 is 4.52. The molecule has 1 aliphatic rings. The normalized spacial score (nSPS) is 18.1. The number of Topliss-reactive ketones (excluding diaryl/α,β-unsaturated/α-hetero) is 1. The predicted molar refractivity (Wildman–Crippen MR) is 56.5 cm³/mol. The lowest BCUT2D eigenvalue weighted by atomic mass is 9.85. The van der Waals surface area contributed by atoms with Gasteiger partial charge in [0.2, 0.25) is 0 Å². The van der Waals surface area contributed by atoms with Gasteiger partial charge in [-0.2, -0.15) is 0 Å². The Kier molecular flexibility index (Phi) is 3.37. The summed E-state index contributed by atoms with van der Waals surface area (Å²) in [4.78, 5) is 23.1. The molecule has 86 valence electrons. The van der Waals surface area contributed by atoms with Crippen LogP contribution in [0, 0.1) is 11.3 Å². The third kappa shape index (κ3) is 3.22. The fourth-order valence-electron chi connectivity index (χ4n) is 1.48. The minimum Gasteiger partial charge on any atom is -0.453 e. The van der Waals surface area contributed by atoms with Gasteiger partial charge in [-0.3, -0.25) is 4.79 Å². The molecule has 0 aromatic carbocycles. The lowest BCUT2D eigenvalue weighted by molar-refractivity contribution is -0.128. The van der Waals surface area contributed by atoms with Crippen molar-refractivity contribution >= 4 is 11.9 Å². The number of carbonyl (C=O) groups is 2. The van der Waals surface area contributed by atoms with Gasteiger partial charge in [0.1, 0.15) is 0 Å². The van der Waals surface area contributed by atoms with Crippen molar-refractivity contribution in [2.45, 2.75) is 39.7 Å². The molecule has 1 atom stereocenters. The summed E-state index contributed by atoms with van der Waals surface area (Å²) in [5.41, 5.74) is -0.422. The van der Waals surface area contributed by atoms with Gasteiger partial charge in [-0.1, -0.05) is 20.8 Å². The molecular formula is C11H19NO3. The molecule has 1 aliphatic carbocycles. The van der Waals surface area contributed by atoms with E-state index in [-0.39, 0.29) is 11.8 Å². The van der Waals surface area contributed by atoms with E-state index in [0.29, 0.717) is 5.92 Å². The third-order valence-corrected chi connectivity index (χ3v) is 2.57. The summed E-state index contributed by atoms with van der Waals surface area (Å²) in [5, 5.41) is 2.62. The Hall–Kier alpha value is -1.06. The highest BCUT2D eigenvalue weighted by molar-refractivity contribution is 5.91. The Morgan fingerprint density at radius 2 is 1.87 bits per heavy atom. The lowest BCUT2D eigenvalue weighted by Gasteiger charge is -2.24. The fourth-order valence-corrected chi connectivity index (χ4v) is 1.48. The van der Waals surface area contributed by atoms with Gasteiger partial charge in [-0.05, 0) is 18.8 Å². The molecule has 1 rings (SSSR count). The molecule has 0 aromatic rings. The molecule has 0 spiro atoms. The monoisotopic (exact) mass is 213 g/mol. The Morgan fingerprint density at radius 1 is 1.33 bits per heavy atom. The number of ketones is 1. The Balaban J connectivity index is 2.66. The van der Waals surface area contributed by atoms with Gasteiger partial charge in [0.25, 0.3) is 0 Å². The van der Waals surface area contributed by atoms with Crippen LogP contribution in [-0.2, 0) is 9.53 Å². The number of nitrogens with one attached hydrogen (secondary N) is 1. The van der Waals surface area contributed by atoms with Gasteiger partial charge in [-0.15, -0.1) is 0 Å². The smallest absolute Gasteiger partial charge is 0.407 e. The summed E-state index contributed by atoms with van der Waals surface area (Å²) in [5.74, 6) is 0.381. The van der Waals surface area contributed by atoms with E-state index in [4.69, 9.17) is 0 Å². The van der Waals surface area contributed by atoms with Crippen LogP contribution in [0.25, 0.3) is 0 Å². The van der Waals surface area contributed by atoms with E-state index in [0.717, 1.165) is 12.8 Å². The second-order valence-electron chi connectivity index (χ2n) is 5.07. The maximum atomic E-state index is 12.0. The Bertz CT molecular complexity index is 263. The van der Waals surface area contributed by atoms with Gasteiger partial charge in [0.05, 0.1) is 13.2 Å². The Labute approximate surface area is 90.4 Å². The van der Waals surface area contributed by atoms with Crippen LogP contribution < -0.4 is 5.32 Å². The zero-order chi connectivity index (χ0) is 11.6. The van der Waals surface area contributed by atoms with Crippen molar-refractivity contribution in [3.05, 3.63) is 0 Å². The summed E-state index contributed by atoms with van der Waals surface area (Å²) in [6.07, 6.45) is 1.50. The lowest BCUT2D eigenvalue weighted by Crippen LogP contribution is -2.47. The van der Waals surface area contributed by atoms with Gasteiger partial charge < -0.3 is 10.1 Å². The van der Waals surface area contributed by atoms with Crippen LogP contribution in [-0.4, -0.2) is 25.0 Å². The van der Waals surface area contributed by atoms with Crippen LogP contribution in [0.2, 0.25) is 0 Å². The summed E-state index contributed by atoms with van der Waals surface area (Å²) in [6.45, 7) is 5.59. The number of methoxy groups -OCH3 is 1. The van der Waals surface area contributed by atoms with Crippen LogP contribution in [0.5, 0.6) is 0 Å². The largest absolute Gasteiger partial charge is 0.453 e. The van der Waals surface area contributed by atoms with Crippen molar-refractivity contribution < 1.29 is 14.3 Å². The minimum absolute atomic E-state index is 0.0791. The molecule has 1 saturated carbocycles. The van der Waals surface area contributed by atoms with Gasteiger partial charge in [-0.25, -0.2) is 4.79 Å². The molecule has 0 aliphatic heterocycles. The fraction of sp³-hybridized carbons (Fsp3) is 0.818. The van der Waals surface area contributed by atoms with Gasteiger partial charge in [0.15, 0.2) is 5.78 Å². The number of hydrogen-bond acceptors (Lipinski definition) is 3. The topological polar surface area (TPSA) is 55.4 Å². The highest BCUT2D eigenvalue weighted by Gasteiger charge is 2.41. The van der Waals surface area contributed by atoms with Crippen molar-refractivity contribution in [1.29, 1.82) is 0 Å². The summed E-state index contributed by atoms with van der Waals surface area (Å²) in [6, 6.07) is -0.377. The molecule has 0 saturated heterocycles. The maximum absolute atomic E-state index is 12.0. The molecule has 0 radical (unpaired) electrons. The number of rotatable bonds is 3. The standard InChI is InChI=1S/C11H19NO3/c1-11(2,3)9(13)8(7-5-6-7)12-10(14)15-4/h7-8H,5-6H2,1-4H3,(H,12,14). The zero-order valence-electron chi connectivity index (χ0n) is 9.79. The quantitative estimate of drug-likeness (QED) is 0.776. The number of ether oxygens (including phenoxy) is 1. The third-order valence-electron chi connectivity index (χ3n) is 2.57. The summed E-state index contributed by atoms with van der Waals surface area (Å²) in [7, 11) is 1.31. The first-order chi connectivity index (χ1) is 6.86. The van der Waals surface area contributed by atoms with Crippen molar-refractivity contribution in [2.75, 3.05) is 7.11 Å². The molecule has 0 heterocycles. The van der Waals surface area contributed by atoms with E-state index in [1.165, 1.54) is 7.11 Å². The average molecular weight is 213 g/mol. The molecule has 0 bridgehead atoms. The van der Waals surface area contributed by atoms with Crippen molar-refractivity contribution in [2.24, 2.45) is 11.3 Å². The van der Waals surface area contributed by atoms with Gasteiger partial charge in [0, 0.05) is 5.41 Å². The SMILES string of the molecule is COC(=O)NC(C(=O)C(C)(C)C)C1CC1. The molecular weight excluding hydrogens is 194 g/mol. The summed E-state index contributed by atoms with van der Waals surface area (Å²) >= 11 is 0. The highest BCUT2D eigenvalue weighted by atomic mass is 16.5. The second-order valence-corrected chi connectivity index (χ2v) is 5.07.